The highest BCUT2D eigenvalue weighted by atomic mass is 16.5. The van der Waals surface area contributed by atoms with Crippen LogP contribution in [0.25, 0.3) is 0 Å². The van der Waals surface area contributed by atoms with E-state index in [1.54, 1.807) is 12.0 Å². The third-order valence-electron chi connectivity index (χ3n) is 3.51. The Kier molecular flexibility index (Phi) is 5.38. The summed E-state index contributed by atoms with van der Waals surface area (Å²) >= 11 is 0. The Bertz CT molecular complexity index is 444. The van der Waals surface area contributed by atoms with Crippen molar-refractivity contribution >= 4 is 5.91 Å². The second-order valence-electron chi connectivity index (χ2n) is 4.90. The van der Waals surface area contributed by atoms with Gasteiger partial charge in [-0.2, -0.15) is 0 Å². The number of carbonyl (C=O) groups is 1. The predicted molar refractivity (Wildman–Crippen MR) is 76.9 cm³/mol. The van der Waals surface area contributed by atoms with Crippen LogP contribution >= 0.6 is 0 Å². The molecule has 0 bridgehead atoms. The van der Waals surface area contributed by atoms with Gasteiger partial charge in [-0.25, -0.2) is 0 Å². The number of nitrogens with one attached hydrogen (secondary N) is 1. The lowest BCUT2D eigenvalue weighted by Crippen LogP contribution is -2.51. The Labute approximate surface area is 119 Å². The molecular formula is C15H22N2O3. The van der Waals surface area contributed by atoms with Gasteiger partial charge in [0.15, 0.2) is 0 Å². The lowest BCUT2D eigenvalue weighted by molar-refractivity contribution is -0.135. The van der Waals surface area contributed by atoms with Gasteiger partial charge in [0.25, 0.3) is 0 Å². The fraction of sp³-hybridized carbons (Fsp3) is 0.533. The molecule has 1 amide bonds. The van der Waals surface area contributed by atoms with Gasteiger partial charge < -0.3 is 19.7 Å². The average molecular weight is 278 g/mol. The van der Waals surface area contributed by atoms with E-state index >= 15 is 0 Å². The largest absolute Gasteiger partial charge is 0.496 e. The summed E-state index contributed by atoms with van der Waals surface area (Å²) < 4.78 is 10.6. The fourth-order valence-corrected chi connectivity index (χ4v) is 2.30. The molecule has 110 valence electrons. The lowest BCUT2D eigenvalue weighted by atomic mass is 10.1. The van der Waals surface area contributed by atoms with Gasteiger partial charge in [-0.1, -0.05) is 18.2 Å². The number of para-hydroxylation sites is 1. The molecule has 0 aliphatic carbocycles. The van der Waals surface area contributed by atoms with Crippen molar-refractivity contribution in [2.75, 3.05) is 40.5 Å². The van der Waals surface area contributed by atoms with Crippen LogP contribution in [0.5, 0.6) is 5.75 Å². The van der Waals surface area contributed by atoms with Crippen molar-refractivity contribution < 1.29 is 14.3 Å². The molecule has 0 unspecified atom stereocenters. The molecule has 5 heteroatoms. The summed E-state index contributed by atoms with van der Waals surface area (Å²) in [6, 6.07) is 7.68. The van der Waals surface area contributed by atoms with Gasteiger partial charge in [0.2, 0.25) is 5.91 Å². The van der Waals surface area contributed by atoms with Crippen molar-refractivity contribution in [2.24, 2.45) is 0 Å². The van der Waals surface area contributed by atoms with E-state index < -0.39 is 0 Å². The van der Waals surface area contributed by atoms with E-state index in [1.165, 1.54) is 0 Å². The average Bonchev–Trinajstić information content (AvgIpc) is 2.53. The summed E-state index contributed by atoms with van der Waals surface area (Å²) in [5, 5.41) is 3.18. The minimum atomic E-state index is -0.216. The molecule has 1 fully saturated rings. The van der Waals surface area contributed by atoms with Crippen LogP contribution in [0, 0.1) is 0 Å². The van der Waals surface area contributed by atoms with Gasteiger partial charge in [-0.05, 0) is 18.1 Å². The Morgan fingerprint density at radius 1 is 1.50 bits per heavy atom. The smallest absolute Gasteiger partial charge is 0.241 e. The van der Waals surface area contributed by atoms with Crippen molar-refractivity contribution in [1.82, 2.24) is 10.2 Å². The van der Waals surface area contributed by atoms with Crippen molar-refractivity contribution in [3.63, 3.8) is 0 Å². The normalized spacial score (nSPS) is 18.6. The Balaban J connectivity index is 1.87. The lowest BCUT2D eigenvalue weighted by Gasteiger charge is -2.27. The SMILES string of the molecule is COc1ccccc1CCN(C)C(=O)[C@@H]1COCCN1. The van der Waals surface area contributed by atoms with E-state index in [1.807, 2.05) is 31.3 Å². The van der Waals surface area contributed by atoms with Crippen LogP contribution in [0.3, 0.4) is 0 Å². The zero-order chi connectivity index (χ0) is 14.4. The Hall–Kier alpha value is -1.59. The van der Waals surface area contributed by atoms with Gasteiger partial charge in [0.1, 0.15) is 11.8 Å². The molecule has 1 atom stereocenters. The second-order valence-corrected chi connectivity index (χ2v) is 4.90. The minimum Gasteiger partial charge on any atom is -0.496 e. The van der Waals surface area contributed by atoms with Crippen molar-refractivity contribution in [1.29, 1.82) is 0 Å². The molecule has 0 aromatic heterocycles. The zero-order valence-electron chi connectivity index (χ0n) is 12.1. The summed E-state index contributed by atoms with van der Waals surface area (Å²) in [4.78, 5) is 14.0. The van der Waals surface area contributed by atoms with Crippen LogP contribution < -0.4 is 10.1 Å². The molecule has 0 spiro atoms. The number of likely N-dealkylation sites (N-methyl/N-ethyl adjacent to an activating group) is 1. The molecule has 0 radical (unpaired) electrons. The summed E-state index contributed by atoms with van der Waals surface area (Å²) in [7, 11) is 3.49. The van der Waals surface area contributed by atoms with Gasteiger partial charge in [-0.15, -0.1) is 0 Å². The maximum atomic E-state index is 12.2. The molecule has 1 N–H and O–H groups in total. The molecule has 2 rings (SSSR count). The first kappa shape index (κ1) is 14.8. The van der Waals surface area contributed by atoms with Crippen molar-refractivity contribution in [3.05, 3.63) is 29.8 Å². The number of rotatable bonds is 5. The highest BCUT2D eigenvalue weighted by Gasteiger charge is 2.24. The van der Waals surface area contributed by atoms with Crippen LogP contribution in [-0.4, -0.2) is 57.3 Å². The van der Waals surface area contributed by atoms with E-state index in [4.69, 9.17) is 9.47 Å². The van der Waals surface area contributed by atoms with Crippen LogP contribution in [0.1, 0.15) is 5.56 Å². The number of morpholine rings is 1. The summed E-state index contributed by atoms with van der Waals surface area (Å²) in [6.07, 6.45) is 0.778. The molecule has 1 aliphatic rings. The maximum Gasteiger partial charge on any atom is 0.241 e. The highest BCUT2D eigenvalue weighted by molar-refractivity contribution is 5.81. The van der Waals surface area contributed by atoms with E-state index in [9.17, 15) is 4.79 Å². The number of hydrogen-bond acceptors (Lipinski definition) is 4. The van der Waals surface area contributed by atoms with Crippen LogP contribution in [-0.2, 0) is 16.0 Å². The monoisotopic (exact) mass is 278 g/mol. The third-order valence-corrected chi connectivity index (χ3v) is 3.51. The molecule has 1 aromatic carbocycles. The number of benzene rings is 1. The highest BCUT2D eigenvalue weighted by Crippen LogP contribution is 2.17. The Morgan fingerprint density at radius 3 is 3.00 bits per heavy atom. The molecular weight excluding hydrogens is 256 g/mol. The maximum absolute atomic E-state index is 12.2. The number of carbonyl (C=O) groups excluding carboxylic acids is 1. The van der Waals surface area contributed by atoms with E-state index in [-0.39, 0.29) is 11.9 Å². The Morgan fingerprint density at radius 2 is 2.30 bits per heavy atom. The van der Waals surface area contributed by atoms with Crippen molar-refractivity contribution in [3.8, 4) is 5.75 Å². The number of ether oxygens (including phenoxy) is 2. The quantitative estimate of drug-likeness (QED) is 0.861. The molecule has 1 saturated heterocycles. The number of methoxy groups -OCH3 is 1. The van der Waals surface area contributed by atoms with Gasteiger partial charge in [0, 0.05) is 20.1 Å². The molecule has 5 nitrogen and oxygen atoms in total. The van der Waals surface area contributed by atoms with E-state index in [0.717, 1.165) is 24.3 Å². The number of nitrogens with zero attached hydrogens (tertiary/aromatic N) is 1. The molecule has 1 aliphatic heterocycles. The first-order chi connectivity index (χ1) is 9.72. The first-order valence-corrected chi connectivity index (χ1v) is 6.90. The number of amides is 1. The first-order valence-electron chi connectivity index (χ1n) is 6.90. The van der Waals surface area contributed by atoms with Crippen LogP contribution in [0.2, 0.25) is 0 Å². The van der Waals surface area contributed by atoms with Gasteiger partial charge in [-0.3, -0.25) is 4.79 Å². The fourth-order valence-electron chi connectivity index (χ4n) is 2.30. The number of hydrogen-bond donors (Lipinski definition) is 1. The molecule has 1 aromatic rings. The summed E-state index contributed by atoms with van der Waals surface area (Å²) in [6.45, 7) is 2.53. The molecule has 1 heterocycles. The van der Waals surface area contributed by atoms with Crippen LogP contribution in [0.15, 0.2) is 24.3 Å². The second kappa shape index (κ2) is 7.26. The van der Waals surface area contributed by atoms with Gasteiger partial charge >= 0.3 is 0 Å². The predicted octanol–water partition coefficient (Wildman–Crippen LogP) is 0.684. The summed E-state index contributed by atoms with van der Waals surface area (Å²) in [5.41, 5.74) is 1.11. The van der Waals surface area contributed by atoms with E-state index in [0.29, 0.717) is 19.8 Å². The molecule has 0 saturated carbocycles. The summed E-state index contributed by atoms with van der Waals surface area (Å²) in [5.74, 6) is 0.951. The third kappa shape index (κ3) is 3.71. The zero-order valence-corrected chi connectivity index (χ0v) is 12.1. The van der Waals surface area contributed by atoms with Crippen molar-refractivity contribution in [2.45, 2.75) is 12.5 Å². The van der Waals surface area contributed by atoms with Crippen LogP contribution in [0.4, 0.5) is 0 Å². The standard InChI is InChI=1S/C15H22N2O3/c1-17(15(18)13-11-20-10-8-16-13)9-7-12-5-3-4-6-14(12)19-2/h3-6,13,16H,7-11H2,1-2H3/t13-/m0/s1. The van der Waals surface area contributed by atoms with E-state index in [2.05, 4.69) is 5.32 Å². The van der Waals surface area contributed by atoms with Gasteiger partial charge in [0.05, 0.1) is 20.3 Å². The minimum absolute atomic E-state index is 0.0830. The topological polar surface area (TPSA) is 50.8 Å². The molecule has 20 heavy (non-hydrogen) atoms.